The number of hydrogen-bond acceptors (Lipinski definition) is 4. The van der Waals surface area contributed by atoms with Gasteiger partial charge >= 0.3 is 0 Å². The van der Waals surface area contributed by atoms with Gasteiger partial charge in [0.25, 0.3) is 0 Å². The normalized spacial score (nSPS) is 21.9. The first-order valence-electron chi connectivity index (χ1n) is 8.43. The number of ether oxygens (including phenoxy) is 2. The van der Waals surface area contributed by atoms with Gasteiger partial charge in [0.1, 0.15) is 12.4 Å². The van der Waals surface area contributed by atoms with Crippen molar-refractivity contribution in [1.29, 1.82) is 0 Å². The van der Waals surface area contributed by atoms with E-state index in [-0.39, 0.29) is 17.2 Å². The molecule has 126 valence electrons. The molecular weight excluding hydrogens is 292 g/mol. The number of para-hydroxylation sites is 1. The van der Waals surface area contributed by atoms with Gasteiger partial charge in [-0.25, -0.2) is 0 Å². The molecule has 1 aromatic rings. The van der Waals surface area contributed by atoms with Crippen LogP contribution in [0.5, 0.6) is 5.75 Å². The van der Waals surface area contributed by atoms with Crippen molar-refractivity contribution in [3.05, 3.63) is 29.8 Å². The predicted molar refractivity (Wildman–Crippen MR) is 88.3 cm³/mol. The van der Waals surface area contributed by atoms with Gasteiger partial charge in [-0.1, -0.05) is 18.2 Å². The number of carbonyl (C=O) groups is 1. The number of amides is 1. The van der Waals surface area contributed by atoms with Crippen molar-refractivity contribution >= 4 is 5.91 Å². The molecule has 1 aliphatic heterocycles. The number of rotatable bonds is 7. The van der Waals surface area contributed by atoms with E-state index in [1.807, 2.05) is 24.3 Å². The Morgan fingerprint density at radius 2 is 2.09 bits per heavy atom. The standard InChI is InChI=1S/C18H26N2O3/c1-22-10-11-23-16-5-3-2-4-14(16)13-20-17(21)15-12-18(15)6-8-19-9-7-18/h2-5,15,19H,6-13H2,1H3,(H,20,21). The topological polar surface area (TPSA) is 59.6 Å². The van der Waals surface area contributed by atoms with Gasteiger partial charge in [0.2, 0.25) is 5.91 Å². The molecule has 1 aliphatic carbocycles. The Kier molecular flexibility index (Phi) is 5.18. The van der Waals surface area contributed by atoms with Crippen molar-refractivity contribution in [2.45, 2.75) is 25.8 Å². The summed E-state index contributed by atoms with van der Waals surface area (Å²) in [5.74, 6) is 1.21. The zero-order valence-electron chi connectivity index (χ0n) is 13.8. The number of nitrogens with one attached hydrogen (secondary N) is 2. The van der Waals surface area contributed by atoms with Crippen molar-refractivity contribution in [2.24, 2.45) is 11.3 Å². The first-order valence-corrected chi connectivity index (χ1v) is 8.43. The summed E-state index contributed by atoms with van der Waals surface area (Å²) in [6, 6.07) is 7.84. The van der Waals surface area contributed by atoms with Crippen molar-refractivity contribution in [3.8, 4) is 5.75 Å². The first kappa shape index (κ1) is 16.3. The fraction of sp³-hybridized carbons (Fsp3) is 0.611. The molecule has 1 unspecified atom stereocenters. The molecular formula is C18H26N2O3. The summed E-state index contributed by atoms with van der Waals surface area (Å²) in [5.41, 5.74) is 1.29. The highest BCUT2D eigenvalue weighted by molar-refractivity contribution is 5.82. The largest absolute Gasteiger partial charge is 0.491 e. The molecule has 5 heteroatoms. The number of carbonyl (C=O) groups excluding carboxylic acids is 1. The number of methoxy groups -OCH3 is 1. The Bertz CT molecular complexity index is 541. The molecule has 2 N–H and O–H groups in total. The maximum absolute atomic E-state index is 12.4. The predicted octanol–water partition coefficient (Wildman–Crippen LogP) is 1.72. The summed E-state index contributed by atoms with van der Waals surface area (Å²) in [7, 11) is 1.65. The van der Waals surface area contributed by atoms with Crippen molar-refractivity contribution < 1.29 is 14.3 Å². The van der Waals surface area contributed by atoms with Crippen LogP contribution < -0.4 is 15.4 Å². The first-order chi connectivity index (χ1) is 11.2. The summed E-state index contributed by atoms with van der Waals surface area (Å²) < 4.78 is 10.7. The summed E-state index contributed by atoms with van der Waals surface area (Å²) in [6.07, 6.45) is 3.30. The Hall–Kier alpha value is -1.59. The molecule has 1 atom stereocenters. The van der Waals surface area contributed by atoms with Gasteiger partial charge in [0.15, 0.2) is 0 Å². The quantitative estimate of drug-likeness (QED) is 0.752. The second kappa shape index (κ2) is 7.32. The molecule has 1 heterocycles. The molecule has 2 aliphatic rings. The molecule has 0 radical (unpaired) electrons. The molecule has 5 nitrogen and oxygen atoms in total. The number of piperidine rings is 1. The summed E-state index contributed by atoms with van der Waals surface area (Å²) in [6.45, 7) is 3.67. The average Bonchev–Trinajstić information content (AvgIpc) is 3.27. The highest BCUT2D eigenvalue weighted by Crippen LogP contribution is 2.58. The minimum absolute atomic E-state index is 0.193. The van der Waals surface area contributed by atoms with Gasteiger partial charge in [0.05, 0.1) is 6.61 Å². The molecule has 1 saturated carbocycles. The van der Waals surface area contributed by atoms with Crippen LogP contribution in [-0.4, -0.2) is 39.3 Å². The van der Waals surface area contributed by atoms with Crippen LogP contribution in [0.25, 0.3) is 0 Å². The van der Waals surface area contributed by atoms with E-state index in [0.717, 1.165) is 43.7 Å². The van der Waals surface area contributed by atoms with E-state index in [0.29, 0.717) is 19.8 Å². The lowest BCUT2D eigenvalue weighted by Crippen LogP contribution is -2.33. The molecule has 1 saturated heterocycles. The Morgan fingerprint density at radius 1 is 1.30 bits per heavy atom. The Balaban J connectivity index is 1.51. The van der Waals surface area contributed by atoms with Gasteiger partial charge in [-0.15, -0.1) is 0 Å². The molecule has 3 rings (SSSR count). The minimum atomic E-state index is 0.193. The van der Waals surface area contributed by atoms with Crippen LogP contribution in [0.15, 0.2) is 24.3 Å². The lowest BCUT2D eigenvalue weighted by Gasteiger charge is -2.23. The SMILES string of the molecule is COCCOc1ccccc1CNC(=O)C1CC12CCNCC2. The van der Waals surface area contributed by atoms with Gasteiger partial charge in [0, 0.05) is 25.1 Å². The molecule has 23 heavy (non-hydrogen) atoms. The van der Waals surface area contributed by atoms with Gasteiger partial charge in [-0.05, 0) is 43.8 Å². The average molecular weight is 318 g/mol. The highest BCUT2D eigenvalue weighted by atomic mass is 16.5. The van der Waals surface area contributed by atoms with E-state index >= 15 is 0 Å². The van der Waals surface area contributed by atoms with E-state index in [2.05, 4.69) is 10.6 Å². The number of benzene rings is 1. The molecule has 0 bridgehead atoms. The second-order valence-electron chi connectivity index (χ2n) is 6.54. The summed E-state index contributed by atoms with van der Waals surface area (Å²) in [4.78, 5) is 12.4. The third kappa shape index (κ3) is 3.85. The molecule has 0 aromatic heterocycles. The van der Waals surface area contributed by atoms with Crippen LogP contribution in [-0.2, 0) is 16.1 Å². The van der Waals surface area contributed by atoms with Crippen molar-refractivity contribution in [3.63, 3.8) is 0 Å². The lowest BCUT2D eigenvalue weighted by molar-refractivity contribution is -0.123. The van der Waals surface area contributed by atoms with Crippen LogP contribution >= 0.6 is 0 Å². The van der Waals surface area contributed by atoms with Crippen LogP contribution in [0, 0.1) is 11.3 Å². The van der Waals surface area contributed by atoms with Gasteiger partial charge in [-0.3, -0.25) is 4.79 Å². The zero-order valence-corrected chi connectivity index (χ0v) is 13.8. The summed E-state index contributed by atoms with van der Waals surface area (Å²) in [5, 5.41) is 6.46. The third-order valence-corrected chi connectivity index (χ3v) is 5.08. The fourth-order valence-electron chi connectivity index (χ4n) is 3.53. The van der Waals surface area contributed by atoms with E-state index in [4.69, 9.17) is 9.47 Å². The maximum atomic E-state index is 12.4. The van der Waals surface area contributed by atoms with Crippen LogP contribution in [0.3, 0.4) is 0 Å². The van der Waals surface area contributed by atoms with Gasteiger partial charge in [-0.2, -0.15) is 0 Å². The molecule has 1 amide bonds. The molecule has 1 spiro atoms. The third-order valence-electron chi connectivity index (χ3n) is 5.08. The van der Waals surface area contributed by atoms with E-state index < -0.39 is 0 Å². The van der Waals surface area contributed by atoms with Crippen LogP contribution in [0.4, 0.5) is 0 Å². The van der Waals surface area contributed by atoms with Crippen LogP contribution in [0.2, 0.25) is 0 Å². The van der Waals surface area contributed by atoms with E-state index in [1.165, 1.54) is 0 Å². The van der Waals surface area contributed by atoms with Crippen LogP contribution in [0.1, 0.15) is 24.8 Å². The monoisotopic (exact) mass is 318 g/mol. The highest BCUT2D eigenvalue weighted by Gasteiger charge is 2.57. The minimum Gasteiger partial charge on any atom is -0.491 e. The number of hydrogen-bond donors (Lipinski definition) is 2. The Labute approximate surface area is 137 Å². The smallest absolute Gasteiger partial charge is 0.223 e. The summed E-state index contributed by atoms with van der Waals surface area (Å²) >= 11 is 0. The second-order valence-corrected chi connectivity index (χ2v) is 6.54. The van der Waals surface area contributed by atoms with Crippen molar-refractivity contribution in [1.82, 2.24) is 10.6 Å². The zero-order chi connectivity index (χ0) is 16.1. The molecule has 1 aromatic carbocycles. The maximum Gasteiger partial charge on any atom is 0.223 e. The van der Waals surface area contributed by atoms with Crippen molar-refractivity contribution in [2.75, 3.05) is 33.4 Å². The lowest BCUT2D eigenvalue weighted by atomic mass is 9.92. The van der Waals surface area contributed by atoms with E-state index in [1.54, 1.807) is 7.11 Å². The van der Waals surface area contributed by atoms with Gasteiger partial charge < -0.3 is 20.1 Å². The van der Waals surface area contributed by atoms with E-state index in [9.17, 15) is 4.79 Å². The fourth-order valence-corrected chi connectivity index (χ4v) is 3.53. The molecule has 2 fully saturated rings. The Morgan fingerprint density at radius 3 is 2.87 bits per heavy atom.